The summed E-state index contributed by atoms with van der Waals surface area (Å²) in [7, 11) is 0. The fraction of sp³-hybridized carbons (Fsp3) is 0.436. The van der Waals surface area contributed by atoms with E-state index in [0.29, 0.717) is 17.4 Å². The third-order valence-electron chi connectivity index (χ3n) is 10.4. The van der Waals surface area contributed by atoms with Crippen LogP contribution in [0.15, 0.2) is 36.4 Å². The number of benzene rings is 3. The number of aromatic nitrogens is 2. The average molecular weight is 963 g/mol. The number of carbonyl (C=O) groups is 1. The zero-order valence-corrected chi connectivity index (χ0v) is 36.5. The molecule has 4 heterocycles. The molecule has 7 rings (SSSR count). The van der Waals surface area contributed by atoms with Crippen LogP contribution in [0, 0.1) is 38.2 Å². The van der Waals surface area contributed by atoms with Crippen LogP contribution in [0.3, 0.4) is 0 Å². The molecule has 4 aromatic rings. The molecule has 54 heavy (non-hydrogen) atoms. The number of hydrogen-bond acceptors (Lipinski definition) is 9. The molecule has 1 atom stereocenters. The Hall–Kier alpha value is -3.50. The summed E-state index contributed by atoms with van der Waals surface area (Å²) in [4.78, 5) is 28.3. The minimum absolute atomic E-state index is 0.00590. The summed E-state index contributed by atoms with van der Waals surface area (Å²) in [5.74, 6) is 0.752. The zero-order chi connectivity index (χ0) is 38.2. The summed E-state index contributed by atoms with van der Waals surface area (Å²) in [6.45, 7) is 8.19. The van der Waals surface area contributed by atoms with E-state index in [-0.39, 0.29) is 71.0 Å². The molecule has 1 amide bonds. The van der Waals surface area contributed by atoms with Crippen molar-refractivity contribution in [3.63, 3.8) is 0 Å². The van der Waals surface area contributed by atoms with Crippen molar-refractivity contribution in [3.8, 4) is 32.6 Å². The molecule has 3 fully saturated rings. The van der Waals surface area contributed by atoms with Crippen molar-refractivity contribution < 1.29 is 27.4 Å². The standard InChI is InChI=1S/C39H38F3N6O3.PS.Tl/c1-5-26-29(40)12-11-24-9-6-10-27(31(24)26)32-30(41)21-28-34(33(32)42)44-36(50-23-39-14-7-17-47(39)18-8-15-39)45-35(28)46-19-20-48(25(22-46)13-16-43)37(49)51-38(2,3)4;1-2;/h6,9-12,21,25H,7-8,13-15,17-20,22-23H2,2-4H3;;/q;-1;+2/t25-;;/m0../s1. The van der Waals surface area contributed by atoms with Gasteiger partial charge in [-0.2, -0.15) is 5.26 Å². The fourth-order valence-electron chi connectivity index (χ4n) is 8.08. The Balaban J connectivity index is 1.37. The number of anilines is 1. The summed E-state index contributed by atoms with van der Waals surface area (Å²) in [5, 5.41) is 10.7. The second kappa shape index (κ2) is 15.9. The number of ether oxygens (including phenoxy) is 2. The van der Waals surface area contributed by atoms with Crippen LogP contribution in [0.4, 0.5) is 23.8 Å². The van der Waals surface area contributed by atoms with E-state index in [4.69, 9.17) is 26.3 Å². The summed E-state index contributed by atoms with van der Waals surface area (Å²) < 4.78 is 65.1. The smallest absolute Gasteiger partial charge is 0.198 e. The molecule has 0 N–H and O–H groups in total. The molecule has 3 aliphatic heterocycles. The molecule has 0 unspecified atom stereocenters. The number of nitriles is 1. The van der Waals surface area contributed by atoms with Crippen molar-refractivity contribution in [2.45, 2.75) is 70.1 Å². The van der Waals surface area contributed by atoms with Gasteiger partial charge >= 0.3 is 211 Å². The summed E-state index contributed by atoms with van der Waals surface area (Å²) in [5.41, 5.74) is -1.19. The molecule has 3 aromatic carbocycles. The Morgan fingerprint density at radius 1 is 1.09 bits per heavy atom. The van der Waals surface area contributed by atoms with Gasteiger partial charge in [0.1, 0.15) is 5.60 Å². The molecule has 0 aliphatic carbocycles. The van der Waals surface area contributed by atoms with Gasteiger partial charge in [-0.1, -0.05) is 0 Å². The van der Waals surface area contributed by atoms with Crippen LogP contribution in [-0.2, 0) is 16.5 Å². The van der Waals surface area contributed by atoms with E-state index in [1.807, 2.05) is 4.90 Å². The summed E-state index contributed by atoms with van der Waals surface area (Å²) in [6, 6.07) is 10.6. The van der Waals surface area contributed by atoms with Crippen LogP contribution in [0.5, 0.6) is 6.01 Å². The molecular weight excluding hydrogens is 925 g/mol. The Bertz CT molecular complexity index is 2310. The van der Waals surface area contributed by atoms with Crippen LogP contribution < -0.4 is 9.64 Å². The summed E-state index contributed by atoms with van der Waals surface area (Å²) in [6.07, 6.45) is 3.52. The number of fused-ring (bicyclic) bond motifs is 3. The first-order valence-electron chi connectivity index (χ1n) is 18.0. The molecular formula is C39H38F3N6O3PSTl+. The van der Waals surface area contributed by atoms with Crippen molar-refractivity contribution in [1.82, 2.24) is 19.8 Å². The molecule has 0 spiro atoms. The van der Waals surface area contributed by atoms with Gasteiger partial charge < -0.3 is 9.64 Å². The van der Waals surface area contributed by atoms with Gasteiger partial charge in [-0.3, -0.25) is 4.90 Å². The van der Waals surface area contributed by atoms with Crippen LogP contribution >= 0.6 is 4.00 Å². The molecule has 0 radical (unpaired) electrons. The molecule has 1 aromatic heterocycles. The van der Waals surface area contributed by atoms with Gasteiger partial charge in [-0.15, -0.1) is 0 Å². The first-order chi connectivity index (χ1) is 25.9. The molecule has 3 aliphatic rings. The number of rotatable bonds is 6. The van der Waals surface area contributed by atoms with Gasteiger partial charge in [0.2, 0.25) is 0 Å². The van der Waals surface area contributed by atoms with Crippen LogP contribution in [-0.4, -0.2) is 105 Å². The second-order valence-corrected chi connectivity index (χ2v) is 27.6. The van der Waals surface area contributed by atoms with Gasteiger partial charge in [-0.05, 0) is 59.5 Å². The Morgan fingerprint density at radius 2 is 1.87 bits per heavy atom. The van der Waals surface area contributed by atoms with Crippen molar-refractivity contribution in [2.75, 3.05) is 44.2 Å². The SMILES string of the molecule is CC(C)(C)OC(=O)N1CCN(c2nc(OCC34CCCN3CCC4)nc3c(F)c(-c4cccc5ccc(F)c(C#[C][Tl]=[P+]=S)c45)c(F)cc23)C[C@@H]1CC#N. The van der Waals surface area contributed by atoms with Crippen LogP contribution in [0.2, 0.25) is 0 Å². The van der Waals surface area contributed by atoms with Crippen LogP contribution in [0.1, 0.15) is 58.4 Å². The van der Waals surface area contributed by atoms with E-state index in [9.17, 15) is 10.1 Å². The van der Waals surface area contributed by atoms with E-state index < -0.39 is 58.3 Å². The third-order valence-corrected chi connectivity index (χ3v) is 16.7. The van der Waals surface area contributed by atoms with E-state index in [1.54, 1.807) is 45.0 Å². The number of piperazine rings is 1. The molecule has 3 saturated heterocycles. The fourth-order valence-corrected chi connectivity index (χ4v) is 11.5. The monoisotopic (exact) mass is 963 g/mol. The molecule has 9 nitrogen and oxygen atoms in total. The van der Waals surface area contributed by atoms with Gasteiger partial charge in [0.15, 0.2) is 0 Å². The topological polar surface area (TPSA) is 94.8 Å². The third kappa shape index (κ3) is 7.66. The van der Waals surface area contributed by atoms with Crippen molar-refractivity contribution >= 4 is 72.5 Å². The number of halogens is 3. The molecule has 0 bridgehead atoms. The predicted molar refractivity (Wildman–Crippen MR) is 207 cm³/mol. The molecule has 276 valence electrons. The average Bonchev–Trinajstić information content (AvgIpc) is 3.72. The van der Waals surface area contributed by atoms with Crippen molar-refractivity contribution in [1.29, 1.82) is 5.26 Å². The van der Waals surface area contributed by atoms with E-state index in [0.717, 1.165) is 42.8 Å². The minimum Gasteiger partial charge on any atom is -0.198 e. The minimum atomic E-state index is -1.60. The zero-order valence-electron chi connectivity index (χ0n) is 30.3. The second-order valence-electron chi connectivity index (χ2n) is 14.9. The maximum absolute atomic E-state index is 17.2. The number of amides is 1. The van der Waals surface area contributed by atoms with Gasteiger partial charge in [0, 0.05) is 6.54 Å². The first kappa shape index (κ1) is 38.8. The van der Waals surface area contributed by atoms with Crippen molar-refractivity contribution in [2.24, 2.45) is 0 Å². The molecule has 0 saturated carbocycles. The quantitative estimate of drug-likeness (QED) is 0.110. The maximum atomic E-state index is 17.2. The first-order valence-corrected chi connectivity index (χ1v) is 28.2. The van der Waals surface area contributed by atoms with E-state index in [1.165, 1.54) is 17.0 Å². The summed E-state index contributed by atoms with van der Waals surface area (Å²) >= 11 is 3.48. The van der Waals surface area contributed by atoms with Gasteiger partial charge in [0.25, 0.3) is 0 Å². The Kier molecular flexibility index (Phi) is 11.4. The number of hydrogen-bond donors (Lipinski definition) is 0. The number of carbonyl (C=O) groups excluding carboxylic acids is 1. The molecule has 15 heteroatoms. The van der Waals surface area contributed by atoms with Gasteiger partial charge in [0.05, 0.1) is 24.1 Å². The van der Waals surface area contributed by atoms with E-state index in [2.05, 4.69) is 25.4 Å². The predicted octanol–water partition coefficient (Wildman–Crippen LogP) is 7.55. The Labute approximate surface area is 329 Å². The normalized spacial score (nSPS) is 18.1. The number of nitrogens with zero attached hydrogens (tertiary/aromatic N) is 6. The van der Waals surface area contributed by atoms with Crippen LogP contribution in [0.25, 0.3) is 32.8 Å². The Morgan fingerprint density at radius 3 is 2.59 bits per heavy atom. The van der Waals surface area contributed by atoms with Gasteiger partial charge in [-0.25, -0.2) is 4.79 Å². The van der Waals surface area contributed by atoms with E-state index >= 15 is 13.2 Å². The van der Waals surface area contributed by atoms with Crippen molar-refractivity contribution in [3.05, 3.63) is 59.4 Å².